The van der Waals surface area contributed by atoms with Gasteiger partial charge in [-0.05, 0) is 68.4 Å². The summed E-state index contributed by atoms with van der Waals surface area (Å²) < 4.78 is 5.32. The molecule has 124 valence electrons. The zero-order chi connectivity index (χ0) is 16.3. The number of nitrogens with one attached hydrogen (secondary N) is 1. The third kappa shape index (κ3) is 2.20. The van der Waals surface area contributed by atoms with E-state index in [2.05, 4.69) is 5.32 Å². The van der Waals surface area contributed by atoms with E-state index in [1.54, 1.807) is 12.1 Å². The molecule has 0 saturated heterocycles. The van der Waals surface area contributed by atoms with Gasteiger partial charge in [-0.1, -0.05) is 18.2 Å². The Kier molecular flexibility index (Phi) is 2.94. The molecular weight excluding hydrogens is 302 g/mol. The fraction of sp³-hybridized carbons (Fsp3) is 0.500. The van der Waals surface area contributed by atoms with E-state index in [0.717, 1.165) is 42.4 Å². The first-order valence-corrected chi connectivity index (χ1v) is 8.96. The molecule has 4 aliphatic rings. The lowest BCUT2D eigenvalue weighted by molar-refractivity contribution is -0.0167. The van der Waals surface area contributed by atoms with Gasteiger partial charge in [-0.3, -0.25) is 4.79 Å². The minimum Gasteiger partial charge on any atom is -0.422 e. The van der Waals surface area contributed by atoms with Crippen LogP contribution >= 0.6 is 0 Å². The van der Waals surface area contributed by atoms with Gasteiger partial charge in [0.05, 0.1) is 0 Å². The molecule has 0 aliphatic heterocycles. The van der Waals surface area contributed by atoms with Crippen molar-refractivity contribution in [1.82, 2.24) is 5.32 Å². The summed E-state index contributed by atoms with van der Waals surface area (Å²) in [5.74, 6) is 2.00. The van der Waals surface area contributed by atoms with Crippen molar-refractivity contribution in [3.63, 3.8) is 0 Å². The summed E-state index contributed by atoms with van der Waals surface area (Å²) in [4.78, 5) is 25.1. The normalized spacial score (nSPS) is 33.8. The minimum absolute atomic E-state index is 0.0933. The Balaban J connectivity index is 1.47. The molecule has 4 bridgehead atoms. The second-order valence-corrected chi connectivity index (χ2v) is 8.14. The van der Waals surface area contributed by atoms with Crippen molar-refractivity contribution in [2.24, 2.45) is 17.8 Å². The molecule has 6 rings (SSSR count). The lowest BCUT2D eigenvalue weighted by Gasteiger charge is -2.56. The smallest absolute Gasteiger partial charge is 0.349 e. The zero-order valence-electron chi connectivity index (χ0n) is 13.6. The third-order valence-corrected chi connectivity index (χ3v) is 6.30. The van der Waals surface area contributed by atoms with E-state index in [1.807, 2.05) is 18.2 Å². The summed E-state index contributed by atoms with van der Waals surface area (Å²) in [6.07, 6.45) is 7.20. The maximum absolute atomic E-state index is 12.8. The Bertz CT molecular complexity index is 847. The topological polar surface area (TPSA) is 59.3 Å². The van der Waals surface area contributed by atoms with Gasteiger partial charge in [-0.2, -0.15) is 0 Å². The van der Waals surface area contributed by atoms with Crippen LogP contribution in [-0.4, -0.2) is 11.4 Å². The number of carbonyl (C=O) groups excluding carboxylic acids is 1. The van der Waals surface area contributed by atoms with E-state index in [9.17, 15) is 9.59 Å². The molecule has 4 aliphatic carbocycles. The fourth-order valence-electron chi connectivity index (χ4n) is 5.79. The van der Waals surface area contributed by atoms with Gasteiger partial charge in [0.2, 0.25) is 0 Å². The molecule has 0 radical (unpaired) electrons. The Morgan fingerprint density at radius 1 is 1.04 bits per heavy atom. The molecule has 2 aromatic rings. The van der Waals surface area contributed by atoms with Crippen LogP contribution in [0.15, 0.2) is 39.5 Å². The highest BCUT2D eigenvalue weighted by molar-refractivity contribution is 5.97. The van der Waals surface area contributed by atoms with Crippen molar-refractivity contribution in [3.05, 3.63) is 46.3 Å². The number of amides is 1. The zero-order valence-corrected chi connectivity index (χ0v) is 13.6. The van der Waals surface area contributed by atoms with Gasteiger partial charge in [-0.15, -0.1) is 0 Å². The fourth-order valence-corrected chi connectivity index (χ4v) is 5.79. The number of rotatable bonds is 2. The average Bonchev–Trinajstić information content (AvgIpc) is 2.52. The van der Waals surface area contributed by atoms with Crippen molar-refractivity contribution < 1.29 is 9.21 Å². The number of carbonyl (C=O) groups is 1. The summed E-state index contributed by atoms with van der Waals surface area (Å²) in [7, 11) is 0. The molecule has 4 saturated carbocycles. The second kappa shape index (κ2) is 4.95. The molecule has 0 spiro atoms. The van der Waals surface area contributed by atoms with E-state index >= 15 is 0 Å². The van der Waals surface area contributed by atoms with E-state index in [0.29, 0.717) is 5.58 Å². The van der Waals surface area contributed by atoms with Gasteiger partial charge in [0.15, 0.2) is 0 Å². The van der Waals surface area contributed by atoms with Crippen molar-refractivity contribution in [2.45, 2.75) is 44.1 Å². The number of hydrogen-bond donors (Lipinski definition) is 1. The lowest BCUT2D eigenvalue weighted by atomic mass is 9.53. The molecule has 0 atom stereocenters. The summed E-state index contributed by atoms with van der Waals surface area (Å²) in [5, 5.41) is 4.03. The van der Waals surface area contributed by atoms with Gasteiger partial charge in [0.1, 0.15) is 11.1 Å². The van der Waals surface area contributed by atoms with Crippen LogP contribution in [0.1, 0.15) is 48.9 Å². The summed E-state index contributed by atoms with van der Waals surface area (Å²) in [6, 6.07) is 8.97. The Labute approximate surface area is 140 Å². The molecule has 24 heavy (non-hydrogen) atoms. The molecular formula is C20H21NO3. The van der Waals surface area contributed by atoms with Crippen LogP contribution in [0.5, 0.6) is 0 Å². The van der Waals surface area contributed by atoms with Crippen molar-refractivity contribution in [3.8, 4) is 0 Å². The van der Waals surface area contributed by atoms with Crippen molar-refractivity contribution in [2.75, 3.05) is 0 Å². The predicted octanol–water partition coefficient (Wildman–Crippen LogP) is 3.49. The molecule has 1 heterocycles. The molecule has 0 unspecified atom stereocenters. The van der Waals surface area contributed by atoms with Crippen molar-refractivity contribution in [1.29, 1.82) is 0 Å². The minimum atomic E-state index is -0.545. The SMILES string of the molecule is O=C(NC12CC3CC(CC(C3)C1)C2)c1cc2ccccc2oc1=O. The van der Waals surface area contributed by atoms with Gasteiger partial charge >= 0.3 is 5.63 Å². The monoisotopic (exact) mass is 323 g/mol. The average molecular weight is 323 g/mol. The Morgan fingerprint density at radius 3 is 2.33 bits per heavy atom. The van der Waals surface area contributed by atoms with Crippen molar-refractivity contribution >= 4 is 16.9 Å². The standard InChI is InChI=1S/C20H21NO3/c22-18(16-8-15-3-1-2-4-17(15)24-19(16)23)21-20-9-12-5-13(10-20)7-14(6-12)11-20/h1-4,8,12-14H,5-7,9-11H2,(H,21,22). The van der Waals surface area contributed by atoms with Crippen LogP contribution in [0.25, 0.3) is 11.0 Å². The van der Waals surface area contributed by atoms with Gasteiger partial charge in [0.25, 0.3) is 5.91 Å². The van der Waals surface area contributed by atoms with E-state index in [-0.39, 0.29) is 17.0 Å². The van der Waals surface area contributed by atoms with Crippen LogP contribution in [0.4, 0.5) is 0 Å². The van der Waals surface area contributed by atoms with Crippen LogP contribution in [-0.2, 0) is 0 Å². The highest BCUT2D eigenvalue weighted by atomic mass is 16.4. The number of fused-ring (bicyclic) bond motifs is 1. The highest BCUT2D eigenvalue weighted by Crippen LogP contribution is 2.55. The second-order valence-electron chi connectivity index (χ2n) is 8.14. The molecule has 1 aromatic heterocycles. The van der Waals surface area contributed by atoms with E-state index in [1.165, 1.54) is 19.3 Å². The Hall–Kier alpha value is -2.10. The van der Waals surface area contributed by atoms with Crippen LogP contribution in [0.2, 0.25) is 0 Å². The molecule has 1 amide bonds. The lowest BCUT2D eigenvalue weighted by Crippen LogP contribution is -2.60. The predicted molar refractivity (Wildman–Crippen MR) is 90.9 cm³/mol. The quantitative estimate of drug-likeness (QED) is 0.861. The van der Waals surface area contributed by atoms with Crippen LogP contribution in [0, 0.1) is 17.8 Å². The van der Waals surface area contributed by atoms with Gasteiger partial charge in [0, 0.05) is 10.9 Å². The molecule has 4 heteroatoms. The highest BCUT2D eigenvalue weighted by Gasteiger charge is 2.51. The van der Waals surface area contributed by atoms with Crippen LogP contribution < -0.4 is 10.9 Å². The summed E-state index contributed by atoms with van der Waals surface area (Å²) in [5.41, 5.74) is 0.0124. The Morgan fingerprint density at radius 2 is 1.67 bits per heavy atom. The number of benzene rings is 1. The molecule has 1 N–H and O–H groups in total. The first-order valence-electron chi connectivity index (χ1n) is 8.96. The molecule has 4 fully saturated rings. The largest absolute Gasteiger partial charge is 0.422 e. The molecule has 1 aromatic carbocycles. The molecule has 4 nitrogen and oxygen atoms in total. The van der Waals surface area contributed by atoms with E-state index < -0.39 is 5.63 Å². The third-order valence-electron chi connectivity index (χ3n) is 6.30. The first kappa shape index (κ1) is 14.3. The van der Waals surface area contributed by atoms with E-state index in [4.69, 9.17) is 4.42 Å². The maximum Gasteiger partial charge on any atom is 0.349 e. The van der Waals surface area contributed by atoms with Crippen LogP contribution in [0.3, 0.4) is 0 Å². The first-order chi connectivity index (χ1) is 11.6. The van der Waals surface area contributed by atoms with Gasteiger partial charge < -0.3 is 9.73 Å². The summed E-state index contributed by atoms with van der Waals surface area (Å²) >= 11 is 0. The number of para-hydroxylation sites is 1. The summed E-state index contributed by atoms with van der Waals surface area (Å²) in [6.45, 7) is 0. The van der Waals surface area contributed by atoms with Gasteiger partial charge in [-0.25, -0.2) is 4.79 Å². The maximum atomic E-state index is 12.8. The number of hydrogen-bond acceptors (Lipinski definition) is 3.